The van der Waals surface area contributed by atoms with E-state index >= 15 is 0 Å². The highest BCUT2D eigenvalue weighted by atomic mass is 32.2. The van der Waals surface area contributed by atoms with Crippen LogP contribution < -0.4 is 9.62 Å². The van der Waals surface area contributed by atoms with E-state index in [9.17, 15) is 13.5 Å². The van der Waals surface area contributed by atoms with E-state index in [1.54, 1.807) is 18.2 Å². The zero-order valence-corrected chi connectivity index (χ0v) is 9.57. The highest BCUT2D eigenvalue weighted by Gasteiger charge is 2.25. The van der Waals surface area contributed by atoms with Gasteiger partial charge < -0.3 is 10.4 Å². The Kier molecular flexibility index (Phi) is 3.02. The van der Waals surface area contributed by atoms with Crippen molar-refractivity contribution >= 4 is 15.7 Å². The molecule has 5 nitrogen and oxygen atoms in total. The summed E-state index contributed by atoms with van der Waals surface area (Å²) < 4.78 is 25.1. The van der Waals surface area contributed by atoms with E-state index in [0.29, 0.717) is 25.3 Å². The Hall–Kier alpha value is -1.27. The second-order valence-corrected chi connectivity index (χ2v) is 5.64. The average Bonchev–Trinajstić information content (AvgIpc) is 2.40. The monoisotopic (exact) mass is 242 g/mol. The molecule has 6 heteroatoms. The highest BCUT2D eigenvalue weighted by Crippen LogP contribution is 2.28. The maximum atomic E-state index is 11.9. The zero-order chi connectivity index (χ0) is 11.6. The number of hydrogen-bond acceptors (Lipinski definition) is 4. The molecule has 1 heterocycles. The lowest BCUT2D eigenvalue weighted by Gasteiger charge is -2.22. The summed E-state index contributed by atoms with van der Waals surface area (Å²) in [6, 6.07) is 6.48. The predicted octanol–water partition coefficient (Wildman–Crippen LogP) is 0.132. The quantitative estimate of drug-likeness (QED) is 0.734. The van der Waals surface area contributed by atoms with Crippen molar-refractivity contribution in [3.8, 4) is 5.75 Å². The summed E-state index contributed by atoms with van der Waals surface area (Å²) in [4.78, 5) is 0. The second kappa shape index (κ2) is 4.31. The number of benzene rings is 1. The molecule has 0 aromatic heterocycles. The van der Waals surface area contributed by atoms with Gasteiger partial charge in [-0.3, -0.25) is 4.31 Å². The first-order chi connectivity index (χ1) is 7.61. The molecular formula is C10H14N2O3S. The maximum Gasteiger partial charge on any atom is 0.236 e. The molecule has 16 heavy (non-hydrogen) atoms. The smallest absolute Gasteiger partial charge is 0.236 e. The molecule has 1 saturated heterocycles. The van der Waals surface area contributed by atoms with Crippen LogP contribution in [0.5, 0.6) is 5.75 Å². The summed E-state index contributed by atoms with van der Waals surface area (Å²) >= 11 is 0. The normalized spacial score (nSPS) is 20.4. The molecule has 0 amide bonds. The molecule has 0 bridgehead atoms. The third-order valence-electron chi connectivity index (χ3n) is 2.51. The third kappa shape index (κ3) is 2.12. The number of rotatable bonds is 1. The molecule has 1 fully saturated rings. The second-order valence-electron chi connectivity index (χ2n) is 3.63. The molecular weight excluding hydrogens is 228 g/mol. The Morgan fingerprint density at radius 1 is 1.25 bits per heavy atom. The van der Waals surface area contributed by atoms with Crippen LogP contribution in [0.1, 0.15) is 0 Å². The highest BCUT2D eigenvalue weighted by molar-refractivity contribution is 7.92. The zero-order valence-electron chi connectivity index (χ0n) is 8.76. The molecule has 0 radical (unpaired) electrons. The van der Waals surface area contributed by atoms with Crippen molar-refractivity contribution in [3.63, 3.8) is 0 Å². The van der Waals surface area contributed by atoms with Crippen LogP contribution in [0.4, 0.5) is 5.69 Å². The van der Waals surface area contributed by atoms with E-state index < -0.39 is 10.0 Å². The van der Waals surface area contributed by atoms with Crippen LogP contribution in [0, 0.1) is 0 Å². The number of nitrogens with one attached hydrogen (secondary N) is 1. The van der Waals surface area contributed by atoms with Crippen molar-refractivity contribution in [2.24, 2.45) is 0 Å². The van der Waals surface area contributed by atoms with Crippen molar-refractivity contribution in [1.82, 2.24) is 5.32 Å². The first kappa shape index (κ1) is 11.2. The fraction of sp³-hybridized carbons (Fsp3) is 0.400. The van der Waals surface area contributed by atoms with E-state index in [1.807, 2.05) is 0 Å². The topological polar surface area (TPSA) is 69.6 Å². The van der Waals surface area contributed by atoms with Crippen molar-refractivity contribution in [3.05, 3.63) is 24.3 Å². The lowest BCUT2D eigenvalue weighted by molar-refractivity contribution is 0.475. The Balaban J connectivity index is 2.42. The summed E-state index contributed by atoms with van der Waals surface area (Å²) in [5.74, 6) is 0.0504. The van der Waals surface area contributed by atoms with Crippen LogP contribution in [0.2, 0.25) is 0 Å². The predicted molar refractivity (Wildman–Crippen MR) is 62.1 cm³/mol. The summed E-state index contributed by atoms with van der Waals surface area (Å²) in [6.45, 7) is 1.39. The number of phenolic OH excluding ortho intramolecular Hbond substituents is 1. The first-order valence-electron chi connectivity index (χ1n) is 5.10. The molecule has 1 aliphatic heterocycles. The minimum absolute atomic E-state index is 0.00650. The van der Waals surface area contributed by atoms with Gasteiger partial charge in [-0.25, -0.2) is 8.42 Å². The van der Waals surface area contributed by atoms with E-state index in [-0.39, 0.29) is 11.5 Å². The standard InChI is InChI=1S/C10H14N2O3S/c13-10-4-2-1-3-9(10)12-7-5-11-6-8-16(12,14)15/h1-4,11,13H,5-8H2. The Labute approximate surface area is 94.8 Å². The van der Waals surface area contributed by atoms with Gasteiger partial charge in [0.05, 0.1) is 11.4 Å². The van der Waals surface area contributed by atoms with Crippen LogP contribution >= 0.6 is 0 Å². The van der Waals surface area contributed by atoms with Gasteiger partial charge in [-0.15, -0.1) is 0 Å². The summed E-state index contributed by atoms with van der Waals surface area (Å²) in [5, 5.41) is 12.7. The molecule has 0 atom stereocenters. The molecule has 0 unspecified atom stereocenters. The van der Waals surface area contributed by atoms with E-state index in [1.165, 1.54) is 10.4 Å². The molecule has 1 aromatic carbocycles. The van der Waals surface area contributed by atoms with E-state index in [4.69, 9.17) is 0 Å². The number of sulfonamides is 1. The van der Waals surface area contributed by atoms with Gasteiger partial charge in [0.1, 0.15) is 5.75 Å². The molecule has 1 aromatic rings. The van der Waals surface area contributed by atoms with Gasteiger partial charge in [0.15, 0.2) is 0 Å². The van der Waals surface area contributed by atoms with Crippen LogP contribution in [-0.4, -0.2) is 38.9 Å². The minimum Gasteiger partial charge on any atom is -0.506 e. The van der Waals surface area contributed by atoms with Crippen LogP contribution in [0.3, 0.4) is 0 Å². The lowest BCUT2D eigenvalue weighted by Crippen LogP contribution is -2.33. The SMILES string of the molecule is O=S1(=O)CCNCCN1c1ccccc1O. The van der Waals surface area contributed by atoms with E-state index in [2.05, 4.69) is 5.32 Å². The number of nitrogens with zero attached hydrogens (tertiary/aromatic N) is 1. The van der Waals surface area contributed by atoms with Crippen molar-refractivity contribution < 1.29 is 13.5 Å². The van der Waals surface area contributed by atoms with Crippen molar-refractivity contribution in [2.75, 3.05) is 29.7 Å². The molecule has 1 aliphatic rings. The fourth-order valence-corrected chi connectivity index (χ4v) is 3.15. The number of para-hydroxylation sites is 2. The van der Waals surface area contributed by atoms with Gasteiger partial charge >= 0.3 is 0 Å². The van der Waals surface area contributed by atoms with E-state index in [0.717, 1.165) is 0 Å². The van der Waals surface area contributed by atoms with Gasteiger partial charge in [-0.05, 0) is 12.1 Å². The summed E-state index contributed by atoms with van der Waals surface area (Å²) in [5.41, 5.74) is 0.353. The lowest BCUT2D eigenvalue weighted by atomic mass is 10.3. The molecule has 88 valence electrons. The average molecular weight is 242 g/mol. The minimum atomic E-state index is -3.32. The molecule has 0 spiro atoms. The summed E-state index contributed by atoms with van der Waals surface area (Å²) in [7, 11) is -3.32. The number of phenols is 1. The number of hydrogen-bond donors (Lipinski definition) is 2. The molecule has 0 aliphatic carbocycles. The van der Waals surface area contributed by atoms with Crippen molar-refractivity contribution in [2.45, 2.75) is 0 Å². The Bertz CT molecular complexity index is 473. The van der Waals surface area contributed by atoms with Crippen LogP contribution in [0.25, 0.3) is 0 Å². The van der Waals surface area contributed by atoms with Crippen LogP contribution in [0.15, 0.2) is 24.3 Å². The van der Waals surface area contributed by atoms with Gasteiger partial charge in [0, 0.05) is 19.6 Å². The number of anilines is 1. The summed E-state index contributed by atoms with van der Waals surface area (Å²) in [6.07, 6.45) is 0. The third-order valence-corrected chi connectivity index (χ3v) is 4.29. The fourth-order valence-electron chi connectivity index (χ4n) is 1.70. The van der Waals surface area contributed by atoms with Gasteiger partial charge in [-0.2, -0.15) is 0 Å². The molecule has 2 rings (SSSR count). The van der Waals surface area contributed by atoms with Crippen LogP contribution in [-0.2, 0) is 10.0 Å². The number of aromatic hydroxyl groups is 1. The van der Waals surface area contributed by atoms with Gasteiger partial charge in [0.25, 0.3) is 0 Å². The van der Waals surface area contributed by atoms with Gasteiger partial charge in [-0.1, -0.05) is 12.1 Å². The first-order valence-corrected chi connectivity index (χ1v) is 6.71. The Morgan fingerprint density at radius 2 is 2.00 bits per heavy atom. The molecule has 2 N–H and O–H groups in total. The maximum absolute atomic E-state index is 11.9. The van der Waals surface area contributed by atoms with Crippen molar-refractivity contribution in [1.29, 1.82) is 0 Å². The largest absolute Gasteiger partial charge is 0.506 e. The Morgan fingerprint density at radius 3 is 2.75 bits per heavy atom. The molecule has 0 saturated carbocycles. The van der Waals surface area contributed by atoms with Gasteiger partial charge in [0.2, 0.25) is 10.0 Å².